The van der Waals surface area contributed by atoms with Gasteiger partial charge in [-0.05, 0) is 43.0 Å². The largest absolute Gasteiger partial charge is 0.370 e. The second-order valence-corrected chi connectivity index (χ2v) is 6.45. The van der Waals surface area contributed by atoms with Crippen LogP contribution in [0.1, 0.15) is 38.2 Å². The first-order valence-electron chi connectivity index (χ1n) is 6.83. The number of nitrogens with two attached hydrogens (primary N) is 1. The predicted octanol–water partition coefficient (Wildman–Crippen LogP) is 3.46. The molecule has 1 aromatic carbocycles. The van der Waals surface area contributed by atoms with E-state index in [1.165, 1.54) is 28.3 Å². The van der Waals surface area contributed by atoms with Crippen molar-refractivity contribution in [2.75, 3.05) is 24.2 Å². The van der Waals surface area contributed by atoms with Crippen molar-refractivity contribution >= 4 is 17.4 Å². The van der Waals surface area contributed by atoms with Crippen LogP contribution in [0.2, 0.25) is 0 Å². The summed E-state index contributed by atoms with van der Waals surface area (Å²) in [7, 11) is 2.22. The molecular weight excluding hydrogens is 240 g/mol. The number of nitrogens with zero attached hydrogens (tertiary/aromatic N) is 1. The molecule has 0 aliphatic carbocycles. The van der Waals surface area contributed by atoms with E-state index in [0.29, 0.717) is 12.0 Å². The van der Waals surface area contributed by atoms with Gasteiger partial charge in [0.1, 0.15) is 0 Å². The lowest BCUT2D eigenvalue weighted by Crippen LogP contribution is -2.37. The molecule has 3 heteroatoms. The zero-order valence-electron chi connectivity index (χ0n) is 11.6. The maximum atomic E-state index is 5.61. The molecule has 1 aliphatic heterocycles. The third kappa shape index (κ3) is 2.83. The maximum absolute atomic E-state index is 5.61. The first-order chi connectivity index (χ1) is 8.63. The lowest BCUT2D eigenvalue weighted by atomic mass is 10.0. The van der Waals surface area contributed by atoms with E-state index in [0.717, 1.165) is 13.0 Å². The van der Waals surface area contributed by atoms with Crippen LogP contribution >= 0.6 is 11.8 Å². The van der Waals surface area contributed by atoms with E-state index in [2.05, 4.69) is 44.0 Å². The number of thioether (sulfide) groups is 1. The maximum Gasteiger partial charge on any atom is 0.0504 e. The Labute approximate surface area is 115 Å². The average molecular weight is 264 g/mol. The molecule has 1 atom stereocenters. The van der Waals surface area contributed by atoms with Crippen molar-refractivity contribution in [1.29, 1.82) is 0 Å². The molecule has 0 fully saturated rings. The number of anilines is 1. The SMILES string of the molecule is CC(C)c1ccc2c(c1)SCC(CCCN)N2C. The standard InChI is InChI=1S/C15H24N2S/c1-11(2)12-6-7-14-15(9-12)18-10-13(17(14)3)5-4-8-16/h6-7,9,11,13H,4-5,8,10,16H2,1-3H3. The minimum atomic E-state index is 0.608. The third-order valence-electron chi connectivity index (χ3n) is 3.75. The number of rotatable bonds is 4. The summed E-state index contributed by atoms with van der Waals surface area (Å²) in [6.45, 7) is 5.31. The van der Waals surface area contributed by atoms with Gasteiger partial charge in [-0.1, -0.05) is 19.9 Å². The zero-order valence-corrected chi connectivity index (χ0v) is 12.5. The van der Waals surface area contributed by atoms with Gasteiger partial charge < -0.3 is 10.6 Å². The number of benzene rings is 1. The van der Waals surface area contributed by atoms with Crippen LogP contribution in [0.4, 0.5) is 5.69 Å². The molecule has 1 aliphatic rings. The van der Waals surface area contributed by atoms with Crippen molar-refractivity contribution in [3.05, 3.63) is 23.8 Å². The van der Waals surface area contributed by atoms with Gasteiger partial charge in [-0.15, -0.1) is 11.8 Å². The fraction of sp³-hybridized carbons (Fsp3) is 0.600. The number of fused-ring (bicyclic) bond motifs is 1. The Bertz CT molecular complexity index is 403. The van der Waals surface area contributed by atoms with Crippen molar-refractivity contribution in [3.63, 3.8) is 0 Å². The highest BCUT2D eigenvalue weighted by Crippen LogP contribution is 2.39. The topological polar surface area (TPSA) is 29.3 Å². The molecule has 0 aromatic heterocycles. The van der Waals surface area contributed by atoms with Crippen molar-refractivity contribution in [2.45, 2.75) is 43.5 Å². The molecule has 100 valence electrons. The molecule has 0 spiro atoms. The van der Waals surface area contributed by atoms with Crippen LogP contribution in [0.25, 0.3) is 0 Å². The summed E-state index contributed by atoms with van der Waals surface area (Å²) in [5, 5.41) is 0. The smallest absolute Gasteiger partial charge is 0.0504 e. The Hall–Kier alpha value is -0.670. The Morgan fingerprint density at radius 1 is 1.44 bits per heavy atom. The van der Waals surface area contributed by atoms with Crippen LogP contribution in [0, 0.1) is 0 Å². The summed E-state index contributed by atoms with van der Waals surface area (Å²) >= 11 is 2.00. The normalized spacial score (nSPS) is 19.2. The minimum Gasteiger partial charge on any atom is -0.370 e. The van der Waals surface area contributed by atoms with E-state index in [1.807, 2.05) is 11.8 Å². The minimum absolute atomic E-state index is 0.608. The zero-order chi connectivity index (χ0) is 13.1. The van der Waals surface area contributed by atoms with Gasteiger partial charge in [0, 0.05) is 23.7 Å². The highest BCUT2D eigenvalue weighted by molar-refractivity contribution is 7.99. The van der Waals surface area contributed by atoms with Gasteiger partial charge in [0.15, 0.2) is 0 Å². The van der Waals surface area contributed by atoms with Gasteiger partial charge in [0.25, 0.3) is 0 Å². The molecule has 0 bridgehead atoms. The summed E-state index contributed by atoms with van der Waals surface area (Å²) in [6.07, 6.45) is 2.32. The summed E-state index contributed by atoms with van der Waals surface area (Å²) in [5.74, 6) is 1.79. The number of hydrogen-bond acceptors (Lipinski definition) is 3. The second kappa shape index (κ2) is 5.98. The van der Waals surface area contributed by atoms with Gasteiger partial charge in [-0.25, -0.2) is 0 Å². The molecule has 1 aromatic rings. The molecule has 2 nitrogen and oxygen atoms in total. The summed E-state index contributed by atoms with van der Waals surface area (Å²) < 4.78 is 0. The first-order valence-corrected chi connectivity index (χ1v) is 7.81. The Morgan fingerprint density at radius 2 is 2.22 bits per heavy atom. The second-order valence-electron chi connectivity index (χ2n) is 5.39. The molecule has 1 unspecified atom stereocenters. The highest BCUT2D eigenvalue weighted by Gasteiger charge is 2.23. The van der Waals surface area contributed by atoms with Gasteiger partial charge in [-0.3, -0.25) is 0 Å². The molecule has 0 radical (unpaired) electrons. The van der Waals surface area contributed by atoms with Crippen LogP contribution in [-0.4, -0.2) is 25.4 Å². The molecule has 18 heavy (non-hydrogen) atoms. The van der Waals surface area contributed by atoms with Crippen LogP contribution in [-0.2, 0) is 0 Å². The summed E-state index contributed by atoms with van der Waals surface area (Å²) in [5.41, 5.74) is 8.44. The van der Waals surface area contributed by atoms with Gasteiger partial charge in [0.05, 0.1) is 5.69 Å². The van der Waals surface area contributed by atoms with Crippen molar-refractivity contribution in [3.8, 4) is 0 Å². The first kappa shape index (κ1) is 13.8. The van der Waals surface area contributed by atoms with Gasteiger partial charge in [0.2, 0.25) is 0 Å². The van der Waals surface area contributed by atoms with Crippen molar-refractivity contribution < 1.29 is 0 Å². The van der Waals surface area contributed by atoms with Crippen LogP contribution in [0.5, 0.6) is 0 Å². The van der Waals surface area contributed by atoms with Gasteiger partial charge in [-0.2, -0.15) is 0 Å². The summed E-state index contributed by atoms with van der Waals surface area (Å²) in [6, 6.07) is 7.55. The third-order valence-corrected chi connectivity index (χ3v) is 4.94. The van der Waals surface area contributed by atoms with Crippen LogP contribution in [0.15, 0.2) is 23.1 Å². The van der Waals surface area contributed by atoms with E-state index in [1.54, 1.807) is 0 Å². The van der Waals surface area contributed by atoms with E-state index < -0.39 is 0 Å². The molecule has 0 saturated heterocycles. The lowest BCUT2D eigenvalue weighted by Gasteiger charge is -2.36. The molecule has 0 amide bonds. The van der Waals surface area contributed by atoms with Crippen LogP contribution < -0.4 is 10.6 Å². The monoisotopic (exact) mass is 264 g/mol. The molecular formula is C15H24N2S. The van der Waals surface area contributed by atoms with E-state index in [-0.39, 0.29) is 0 Å². The van der Waals surface area contributed by atoms with Crippen LogP contribution in [0.3, 0.4) is 0 Å². The fourth-order valence-electron chi connectivity index (χ4n) is 2.42. The molecule has 2 rings (SSSR count). The quantitative estimate of drug-likeness (QED) is 0.903. The molecule has 1 heterocycles. The van der Waals surface area contributed by atoms with E-state index in [9.17, 15) is 0 Å². The molecule has 2 N–H and O–H groups in total. The van der Waals surface area contributed by atoms with E-state index in [4.69, 9.17) is 5.73 Å². The van der Waals surface area contributed by atoms with Crippen molar-refractivity contribution in [2.24, 2.45) is 5.73 Å². The Balaban J connectivity index is 2.17. The van der Waals surface area contributed by atoms with E-state index >= 15 is 0 Å². The predicted molar refractivity (Wildman–Crippen MR) is 81.7 cm³/mol. The highest BCUT2D eigenvalue weighted by atomic mass is 32.2. The molecule has 0 saturated carbocycles. The lowest BCUT2D eigenvalue weighted by molar-refractivity contribution is 0.599. The fourth-order valence-corrected chi connectivity index (χ4v) is 3.76. The number of hydrogen-bond donors (Lipinski definition) is 1. The van der Waals surface area contributed by atoms with Crippen molar-refractivity contribution in [1.82, 2.24) is 0 Å². The average Bonchev–Trinajstić information content (AvgIpc) is 2.37. The Morgan fingerprint density at radius 3 is 2.89 bits per heavy atom. The van der Waals surface area contributed by atoms with Gasteiger partial charge >= 0.3 is 0 Å². The Kier molecular flexibility index (Phi) is 4.57. The summed E-state index contributed by atoms with van der Waals surface area (Å²) in [4.78, 5) is 3.87.